The fourth-order valence-corrected chi connectivity index (χ4v) is 4.86. The zero-order valence-electron chi connectivity index (χ0n) is 22.4. The van der Waals surface area contributed by atoms with E-state index in [1.165, 1.54) is 35.3 Å². The van der Waals surface area contributed by atoms with Crippen molar-refractivity contribution in [2.45, 2.75) is 44.3 Å². The van der Waals surface area contributed by atoms with Gasteiger partial charge in [0.2, 0.25) is 0 Å². The number of aliphatic hydroxyl groups excluding tert-OH is 1. The Labute approximate surface area is 242 Å². The van der Waals surface area contributed by atoms with E-state index in [1.54, 1.807) is 36.3 Å². The van der Waals surface area contributed by atoms with Crippen LogP contribution in [-0.4, -0.2) is 83.6 Å². The third kappa shape index (κ3) is 6.25. The van der Waals surface area contributed by atoms with Crippen LogP contribution in [0.15, 0.2) is 59.7 Å². The molecular weight excluding hydrogens is 579 g/mol. The van der Waals surface area contributed by atoms with Gasteiger partial charge in [-0.2, -0.15) is 13.2 Å². The first-order chi connectivity index (χ1) is 20.0. The third-order valence-corrected chi connectivity index (χ3v) is 7.28. The van der Waals surface area contributed by atoms with Crippen LogP contribution in [0.25, 0.3) is 17.1 Å². The minimum absolute atomic E-state index is 0.0902. The van der Waals surface area contributed by atoms with Crippen molar-refractivity contribution in [1.29, 1.82) is 0 Å². The van der Waals surface area contributed by atoms with E-state index in [4.69, 9.17) is 16.3 Å². The molecule has 1 N–H and O–H groups in total. The number of carbonyl (C=O) groups excluding carboxylic acids is 1. The van der Waals surface area contributed by atoms with Crippen LogP contribution in [0.5, 0.6) is 0 Å². The van der Waals surface area contributed by atoms with E-state index in [9.17, 15) is 27.9 Å². The molecule has 3 heterocycles. The molecule has 2 aromatic carbocycles. The van der Waals surface area contributed by atoms with Gasteiger partial charge < -0.3 is 14.7 Å². The molecule has 0 unspecified atom stereocenters. The summed E-state index contributed by atoms with van der Waals surface area (Å²) in [5, 5.41) is 18.7. The van der Waals surface area contributed by atoms with Crippen LogP contribution in [-0.2, 0) is 17.8 Å². The summed E-state index contributed by atoms with van der Waals surface area (Å²) in [5.74, 6) is -0.125. The van der Waals surface area contributed by atoms with Crippen molar-refractivity contribution in [3.8, 4) is 17.1 Å². The molecular formula is C27H27ClF3N7O4. The maximum atomic E-state index is 13.3. The number of piperidine rings is 1. The Morgan fingerprint density at radius 2 is 1.81 bits per heavy atom. The van der Waals surface area contributed by atoms with Crippen molar-refractivity contribution in [1.82, 2.24) is 34.0 Å². The average molecular weight is 606 g/mol. The van der Waals surface area contributed by atoms with Crippen LogP contribution in [0.1, 0.15) is 29.0 Å². The predicted octanol–water partition coefficient (Wildman–Crippen LogP) is 3.17. The Morgan fingerprint density at radius 1 is 1.12 bits per heavy atom. The predicted molar refractivity (Wildman–Crippen MR) is 145 cm³/mol. The first-order valence-electron chi connectivity index (χ1n) is 13.1. The van der Waals surface area contributed by atoms with Crippen LogP contribution in [0, 0.1) is 0 Å². The molecule has 0 bridgehead atoms. The number of aromatic nitrogens is 6. The van der Waals surface area contributed by atoms with Gasteiger partial charge in [0, 0.05) is 30.8 Å². The number of aliphatic hydroxyl groups is 1. The molecule has 1 fully saturated rings. The molecule has 1 aliphatic rings. The van der Waals surface area contributed by atoms with Crippen molar-refractivity contribution in [3.63, 3.8) is 0 Å². The zero-order valence-corrected chi connectivity index (χ0v) is 23.2. The van der Waals surface area contributed by atoms with Gasteiger partial charge in [0.15, 0.2) is 17.8 Å². The molecule has 2 aromatic heterocycles. The molecule has 5 rings (SSSR count). The van der Waals surface area contributed by atoms with E-state index in [1.807, 2.05) is 0 Å². The lowest BCUT2D eigenvalue weighted by atomic mass is 10.1. The van der Waals surface area contributed by atoms with Gasteiger partial charge in [-0.3, -0.25) is 9.36 Å². The first-order valence-corrected chi connectivity index (χ1v) is 13.4. The normalized spacial score (nSPS) is 15.2. The number of alkyl halides is 3. The number of benzene rings is 2. The van der Waals surface area contributed by atoms with Gasteiger partial charge in [-0.05, 0) is 49.2 Å². The number of para-hydroxylation sites is 1. The second-order valence-electron chi connectivity index (χ2n) is 9.79. The highest BCUT2D eigenvalue weighted by molar-refractivity contribution is 6.30. The summed E-state index contributed by atoms with van der Waals surface area (Å²) in [6.45, 7) is -0.223. The largest absolute Gasteiger partial charge is 0.416 e. The fourth-order valence-electron chi connectivity index (χ4n) is 4.74. The number of halogens is 4. The van der Waals surface area contributed by atoms with Gasteiger partial charge in [-0.1, -0.05) is 23.7 Å². The monoisotopic (exact) mass is 605 g/mol. The van der Waals surface area contributed by atoms with E-state index >= 15 is 0 Å². The van der Waals surface area contributed by atoms with Crippen LogP contribution in [0.3, 0.4) is 0 Å². The number of methoxy groups -OCH3 is 1. The molecule has 1 aliphatic heterocycles. The molecule has 15 heteroatoms. The molecule has 1 amide bonds. The van der Waals surface area contributed by atoms with E-state index < -0.39 is 24.5 Å². The van der Waals surface area contributed by atoms with Crippen LogP contribution in [0.4, 0.5) is 13.2 Å². The lowest BCUT2D eigenvalue weighted by molar-refractivity contribution is -0.207. The van der Waals surface area contributed by atoms with Gasteiger partial charge in [0.05, 0.1) is 23.9 Å². The van der Waals surface area contributed by atoms with Crippen molar-refractivity contribution in [3.05, 3.63) is 81.8 Å². The average Bonchev–Trinajstić information content (AvgIpc) is 3.57. The molecule has 0 aliphatic carbocycles. The fraction of sp³-hybridized carbons (Fsp3) is 0.370. The Morgan fingerprint density at radius 3 is 2.48 bits per heavy atom. The van der Waals surface area contributed by atoms with Gasteiger partial charge in [0.25, 0.3) is 5.91 Å². The zero-order chi connectivity index (χ0) is 30.0. The Hall–Kier alpha value is -4.01. The van der Waals surface area contributed by atoms with Gasteiger partial charge >= 0.3 is 11.9 Å². The van der Waals surface area contributed by atoms with Crippen molar-refractivity contribution in [2.75, 3.05) is 20.2 Å². The Kier molecular flexibility index (Phi) is 8.48. The molecule has 1 saturated heterocycles. The quantitative estimate of drug-likeness (QED) is 0.328. The lowest BCUT2D eigenvalue weighted by Crippen LogP contribution is -2.41. The van der Waals surface area contributed by atoms with E-state index in [-0.39, 0.29) is 30.2 Å². The van der Waals surface area contributed by atoms with Crippen LogP contribution >= 0.6 is 11.6 Å². The number of rotatable bonds is 8. The maximum Gasteiger partial charge on any atom is 0.416 e. The molecule has 222 valence electrons. The number of likely N-dealkylation sites (tertiary alicyclic amines) is 1. The molecule has 42 heavy (non-hydrogen) atoms. The van der Waals surface area contributed by atoms with E-state index in [2.05, 4.69) is 15.2 Å². The SMILES string of the molecule is COC1CCN(C(=O)c2ccccc2-n2cnc(Cn3nc(-c4ccc(Cl)cc4)n(C[C@H](O)C(F)(F)F)c3=O)n2)CC1. The van der Waals surface area contributed by atoms with Gasteiger partial charge in [0.1, 0.15) is 12.9 Å². The van der Waals surface area contributed by atoms with Crippen molar-refractivity contribution in [2.24, 2.45) is 0 Å². The molecule has 0 spiro atoms. The smallest absolute Gasteiger partial charge is 0.382 e. The standard InChI is InChI=1S/C27H27ClF3N7O4/c1-42-19-10-12-35(13-11-19)25(40)20-4-2-3-5-21(20)38-16-32-23(33-38)15-37-26(41)36(14-22(39)27(29,30)31)24(34-37)17-6-8-18(28)9-7-17/h2-9,16,19,22,39H,10-15H2,1H3/t22-/m0/s1. The summed E-state index contributed by atoms with van der Waals surface area (Å²) in [6.07, 6.45) is -4.76. The first kappa shape index (κ1) is 29.5. The minimum atomic E-state index is -4.94. The summed E-state index contributed by atoms with van der Waals surface area (Å²) in [5.41, 5.74) is 0.320. The van der Waals surface area contributed by atoms with Crippen LogP contribution < -0.4 is 5.69 Å². The Balaban J connectivity index is 1.42. The highest BCUT2D eigenvalue weighted by Crippen LogP contribution is 2.24. The summed E-state index contributed by atoms with van der Waals surface area (Å²) in [4.78, 5) is 32.5. The van der Waals surface area contributed by atoms with E-state index in [0.717, 1.165) is 22.1 Å². The highest BCUT2D eigenvalue weighted by Gasteiger charge is 2.39. The number of hydrogen-bond donors (Lipinski definition) is 1. The molecule has 1 atom stereocenters. The number of ether oxygens (including phenoxy) is 1. The second kappa shape index (κ2) is 12.1. The molecule has 11 nitrogen and oxygen atoms in total. The maximum absolute atomic E-state index is 13.3. The second-order valence-corrected chi connectivity index (χ2v) is 10.2. The molecule has 4 aromatic rings. The number of nitrogens with zero attached hydrogens (tertiary/aromatic N) is 7. The minimum Gasteiger partial charge on any atom is -0.382 e. The third-order valence-electron chi connectivity index (χ3n) is 7.03. The summed E-state index contributed by atoms with van der Waals surface area (Å²) in [7, 11) is 1.66. The van der Waals surface area contributed by atoms with Crippen molar-refractivity contribution < 1.29 is 27.8 Å². The van der Waals surface area contributed by atoms with Crippen LogP contribution in [0.2, 0.25) is 5.02 Å². The lowest BCUT2D eigenvalue weighted by Gasteiger charge is -2.31. The summed E-state index contributed by atoms with van der Waals surface area (Å²) in [6, 6.07) is 12.9. The molecule has 0 saturated carbocycles. The summed E-state index contributed by atoms with van der Waals surface area (Å²) >= 11 is 5.94. The summed E-state index contributed by atoms with van der Waals surface area (Å²) < 4.78 is 47.9. The Bertz CT molecular complexity index is 1610. The number of hydrogen-bond acceptors (Lipinski definition) is 7. The molecule has 0 radical (unpaired) electrons. The van der Waals surface area contributed by atoms with Crippen molar-refractivity contribution >= 4 is 17.5 Å². The van der Waals surface area contributed by atoms with Gasteiger partial charge in [-0.25, -0.2) is 19.1 Å². The van der Waals surface area contributed by atoms with E-state index in [0.29, 0.717) is 34.9 Å². The van der Waals surface area contributed by atoms with Gasteiger partial charge in [-0.15, -0.1) is 10.2 Å². The number of amides is 1. The number of carbonyl (C=O) groups is 1. The topological polar surface area (TPSA) is 120 Å². The highest BCUT2D eigenvalue weighted by atomic mass is 35.5.